The molecular formula is C14H11BrN2OS. The Labute approximate surface area is 123 Å². The third kappa shape index (κ3) is 1.93. The van der Waals surface area contributed by atoms with Gasteiger partial charge in [0.25, 0.3) is 0 Å². The number of thiazole rings is 1. The minimum Gasteiger partial charge on any atom is -0.296 e. The number of fused-ring (bicyclic) bond motifs is 1. The van der Waals surface area contributed by atoms with E-state index in [2.05, 4.69) is 27.8 Å². The molecule has 0 aliphatic heterocycles. The Morgan fingerprint density at radius 2 is 1.95 bits per heavy atom. The molecule has 2 heterocycles. The maximum atomic E-state index is 11.3. The van der Waals surface area contributed by atoms with Crippen LogP contribution in [0.15, 0.2) is 28.7 Å². The highest BCUT2D eigenvalue weighted by Crippen LogP contribution is 2.33. The summed E-state index contributed by atoms with van der Waals surface area (Å²) in [5.74, 6) is 0. The zero-order valence-corrected chi connectivity index (χ0v) is 12.9. The summed E-state index contributed by atoms with van der Waals surface area (Å²) in [6.45, 7) is 3.92. The summed E-state index contributed by atoms with van der Waals surface area (Å²) in [6.07, 6.45) is 0.879. The number of imidazole rings is 1. The van der Waals surface area contributed by atoms with Crippen molar-refractivity contribution in [2.45, 2.75) is 13.8 Å². The van der Waals surface area contributed by atoms with Gasteiger partial charge in [0.1, 0.15) is 5.69 Å². The van der Waals surface area contributed by atoms with Crippen LogP contribution in [0.1, 0.15) is 21.1 Å². The average Bonchev–Trinajstić information content (AvgIpc) is 2.83. The van der Waals surface area contributed by atoms with E-state index in [1.54, 1.807) is 11.3 Å². The summed E-state index contributed by atoms with van der Waals surface area (Å²) in [4.78, 5) is 17.8. The van der Waals surface area contributed by atoms with Gasteiger partial charge < -0.3 is 0 Å². The quantitative estimate of drug-likeness (QED) is 0.656. The summed E-state index contributed by atoms with van der Waals surface area (Å²) < 4.78 is 2.99. The highest BCUT2D eigenvalue weighted by Gasteiger charge is 2.17. The molecule has 0 aliphatic rings. The molecule has 0 radical (unpaired) electrons. The molecule has 0 amide bonds. The Morgan fingerprint density at radius 1 is 1.26 bits per heavy atom. The third-order valence-corrected chi connectivity index (χ3v) is 4.58. The number of halogens is 1. The van der Waals surface area contributed by atoms with Crippen LogP contribution < -0.4 is 0 Å². The molecule has 5 heteroatoms. The maximum Gasteiger partial charge on any atom is 0.195 e. The van der Waals surface area contributed by atoms with E-state index in [9.17, 15) is 4.79 Å². The second kappa shape index (κ2) is 4.58. The summed E-state index contributed by atoms with van der Waals surface area (Å²) >= 11 is 5.05. The molecular weight excluding hydrogens is 324 g/mol. The lowest BCUT2D eigenvalue weighted by Gasteiger charge is -2.04. The second-order valence-corrected chi connectivity index (χ2v) is 6.43. The molecule has 1 aromatic carbocycles. The molecule has 0 saturated heterocycles. The smallest absolute Gasteiger partial charge is 0.195 e. The van der Waals surface area contributed by atoms with Crippen LogP contribution >= 0.6 is 27.3 Å². The number of benzene rings is 1. The lowest BCUT2D eigenvalue weighted by Crippen LogP contribution is -1.94. The van der Waals surface area contributed by atoms with Gasteiger partial charge in [-0.25, -0.2) is 4.98 Å². The monoisotopic (exact) mass is 334 g/mol. The topological polar surface area (TPSA) is 34.4 Å². The Kier molecular flexibility index (Phi) is 3.03. The first kappa shape index (κ1) is 12.6. The van der Waals surface area contributed by atoms with Crippen molar-refractivity contribution in [3.63, 3.8) is 0 Å². The first-order valence-corrected chi connectivity index (χ1v) is 7.42. The summed E-state index contributed by atoms with van der Waals surface area (Å²) in [7, 11) is 0. The molecule has 3 aromatic rings. The number of nitrogens with zero attached hydrogens (tertiary/aromatic N) is 2. The zero-order chi connectivity index (χ0) is 13.6. The van der Waals surface area contributed by atoms with Gasteiger partial charge in [0.05, 0.1) is 11.4 Å². The van der Waals surface area contributed by atoms with Gasteiger partial charge >= 0.3 is 0 Å². The van der Waals surface area contributed by atoms with Gasteiger partial charge in [0.2, 0.25) is 0 Å². The van der Waals surface area contributed by atoms with Crippen molar-refractivity contribution in [2.75, 3.05) is 0 Å². The highest BCUT2D eigenvalue weighted by molar-refractivity contribution is 9.10. The second-order valence-electron chi connectivity index (χ2n) is 4.33. The number of aryl methyl sites for hydroxylation is 2. The molecule has 19 heavy (non-hydrogen) atoms. The standard InChI is InChI=1S/C14H11BrN2OS/c1-8-12(7-18)17-13(9(2)19-14(17)16-8)10-3-5-11(15)6-4-10/h3-7H,1-2H3. The molecule has 2 aromatic heterocycles. The molecule has 0 spiro atoms. The SMILES string of the molecule is Cc1nc2sc(C)c(-c3ccc(Br)cc3)n2c1C=O. The lowest BCUT2D eigenvalue weighted by atomic mass is 10.1. The molecule has 96 valence electrons. The lowest BCUT2D eigenvalue weighted by molar-refractivity contribution is 0.111. The van der Waals surface area contributed by atoms with E-state index in [1.807, 2.05) is 35.6 Å². The first-order chi connectivity index (χ1) is 9.11. The van der Waals surface area contributed by atoms with Gasteiger partial charge in [-0.05, 0) is 31.5 Å². The largest absolute Gasteiger partial charge is 0.296 e. The Balaban J connectivity index is 2.36. The van der Waals surface area contributed by atoms with E-state index in [1.165, 1.54) is 0 Å². The fourth-order valence-corrected chi connectivity index (χ4v) is 3.53. The number of carbonyl (C=O) groups is 1. The molecule has 0 saturated carbocycles. The van der Waals surface area contributed by atoms with Crippen LogP contribution in [0.5, 0.6) is 0 Å². The fraction of sp³-hybridized carbons (Fsp3) is 0.143. The van der Waals surface area contributed by atoms with Crippen LogP contribution in [0.2, 0.25) is 0 Å². The number of aldehydes is 1. The number of hydrogen-bond donors (Lipinski definition) is 0. The molecule has 0 bridgehead atoms. The van der Waals surface area contributed by atoms with Crippen LogP contribution in [0.25, 0.3) is 16.2 Å². The predicted octanol–water partition coefficient (Wildman–Crippen LogP) is 4.25. The highest BCUT2D eigenvalue weighted by atomic mass is 79.9. The van der Waals surface area contributed by atoms with E-state index in [4.69, 9.17) is 0 Å². The molecule has 0 atom stereocenters. The third-order valence-electron chi connectivity index (χ3n) is 3.10. The molecule has 3 nitrogen and oxygen atoms in total. The summed E-state index contributed by atoms with van der Waals surface area (Å²) in [6, 6.07) is 8.09. The van der Waals surface area contributed by atoms with E-state index in [-0.39, 0.29) is 0 Å². The van der Waals surface area contributed by atoms with Gasteiger partial charge in [0, 0.05) is 9.35 Å². The Bertz CT molecular complexity index is 771. The molecule has 0 aliphatic carbocycles. The van der Waals surface area contributed by atoms with Gasteiger partial charge in [-0.15, -0.1) is 11.3 Å². The van der Waals surface area contributed by atoms with Gasteiger partial charge in [-0.2, -0.15) is 0 Å². The summed E-state index contributed by atoms with van der Waals surface area (Å²) in [5, 5.41) is 0. The average molecular weight is 335 g/mol. The molecule has 3 rings (SSSR count). The Hall–Kier alpha value is -1.46. The van der Waals surface area contributed by atoms with Crippen LogP contribution in [0, 0.1) is 13.8 Å². The van der Waals surface area contributed by atoms with Gasteiger partial charge in [0.15, 0.2) is 11.2 Å². The minimum absolute atomic E-state index is 0.636. The first-order valence-electron chi connectivity index (χ1n) is 5.81. The van der Waals surface area contributed by atoms with Crippen LogP contribution in [-0.4, -0.2) is 15.7 Å². The number of carbonyl (C=O) groups excluding carboxylic acids is 1. The van der Waals surface area contributed by atoms with Crippen molar-refractivity contribution in [2.24, 2.45) is 0 Å². The van der Waals surface area contributed by atoms with Crippen molar-refractivity contribution < 1.29 is 4.79 Å². The van der Waals surface area contributed by atoms with Crippen LogP contribution in [-0.2, 0) is 0 Å². The van der Waals surface area contributed by atoms with Crippen molar-refractivity contribution in [3.05, 3.63) is 45.0 Å². The predicted molar refractivity (Wildman–Crippen MR) is 81.1 cm³/mol. The maximum absolute atomic E-state index is 11.3. The fourth-order valence-electron chi connectivity index (χ4n) is 2.22. The van der Waals surface area contributed by atoms with Crippen LogP contribution in [0.4, 0.5) is 0 Å². The van der Waals surface area contributed by atoms with Gasteiger partial charge in [-0.1, -0.05) is 28.1 Å². The van der Waals surface area contributed by atoms with E-state index < -0.39 is 0 Å². The van der Waals surface area contributed by atoms with Crippen LogP contribution in [0.3, 0.4) is 0 Å². The van der Waals surface area contributed by atoms with E-state index >= 15 is 0 Å². The van der Waals surface area contributed by atoms with Crippen molar-refractivity contribution in [1.82, 2.24) is 9.38 Å². The normalized spacial score (nSPS) is 11.1. The van der Waals surface area contributed by atoms with E-state index in [0.717, 1.165) is 37.5 Å². The van der Waals surface area contributed by atoms with Crippen molar-refractivity contribution >= 4 is 38.5 Å². The van der Waals surface area contributed by atoms with Crippen molar-refractivity contribution in [3.8, 4) is 11.3 Å². The Morgan fingerprint density at radius 3 is 2.58 bits per heavy atom. The number of rotatable bonds is 2. The molecule has 0 fully saturated rings. The number of aromatic nitrogens is 2. The van der Waals surface area contributed by atoms with Crippen molar-refractivity contribution in [1.29, 1.82) is 0 Å². The summed E-state index contributed by atoms with van der Waals surface area (Å²) in [5.41, 5.74) is 3.56. The molecule has 0 N–H and O–H groups in total. The zero-order valence-electron chi connectivity index (χ0n) is 10.5. The van der Waals surface area contributed by atoms with E-state index in [0.29, 0.717) is 5.69 Å². The molecule has 0 unspecified atom stereocenters. The number of hydrogen-bond acceptors (Lipinski definition) is 3. The van der Waals surface area contributed by atoms with Gasteiger partial charge in [-0.3, -0.25) is 9.20 Å². The minimum atomic E-state index is 0.636.